The van der Waals surface area contributed by atoms with Gasteiger partial charge in [0.05, 0.1) is 18.8 Å². The maximum Gasteiger partial charge on any atom is 0.0915 e. The highest BCUT2D eigenvalue weighted by atomic mass is 16.5. The van der Waals surface area contributed by atoms with Crippen molar-refractivity contribution in [1.82, 2.24) is 5.32 Å². The van der Waals surface area contributed by atoms with Gasteiger partial charge in [0.15, 0.2) is 0 Å². The molecule has 0 radical (unpaired) electrons. The number of hydrogen-bond acceptors (Lipinski definition) is 3. The Morgan fingerprint density at radius 2 is 1.96 bits per heavy atom. The van der Waals surface area contributed by atoms with Crippen LogP contribution in [0.15, 0.2) is 23.3 Å². The Morgan fingerprint density at radius 3 is 2.74 bits per heavy atom. The van der Waals surface area contributed by atoms with Crippen molar-refractivity contribution in [3.05, 3.63) is 23.3 Å². The van der Waals surface area contributed by atoms with Gasteiger partial charge in [0.25, 0.3) is 0 Å². The number of allylic oxidation sites excluding steroid dienone is 2. The first-order valence-electron chi connectivity index (χ1n) is 11.4. The molecule has 0 aromatic rings. The summed E-state index contributed by atoms with van der Waals surface area (Å²) in [7, 11) is 0. The summed E-state index contributed by atoms with van der Waals surface area (Å²) >= 11 is 0. The molecule has 5 rings (SSSR count). The van der Waals surface area contributed by atoms with E-state index in [-0.39, 0.29) is 12.2 Å². The number of nitrogens with one attached hydrogen (secondary N) is 1. The Balaban J connectivity index is 1.46. The number of ether oxygens (including phenoxy) is 1. The first-order valence-corrected chi connectivity index (χ1v) is 11.4. The highest BCUT2D eigenvalue weighted by molar-refractivity contribution is 5.33. The number of fused-ring (bicyclic) bond motifs is 5. The van der Waals surface area contributed by atoms with E-state index in [0.29, 0.717) is 16.7 Å². The lowest BCUT2D eigenvalue weighted by Crippen LogP contribution is -2.53. The zero-order chi connectivity index (χ0) is 18.8. The summed E-state index contributed by atoms with van der Waals surface area (Å²) in [6, 6.07) is 0. The molecule has 1 heterocycles. The maximum absolute atomic E-state index is 10.2. The van der Waals surface area contributed by atoms with Crippen LogP contribution in [0.25, 0.3) is 0 Å². The molecule has 5 aliphatic rings. The first kappa shape index (κ1) is 18.4. The molecule has 3 heteroatoms. The van der Waals surface area contributed by atoms with Crippen LogP contribution in [0.4, 0.5) is 0 Å². The van der Waals surface area contributed by atoms with Crippen LogP contribution in [-0.4, -0.2) is 37.0 Å². The van der Waals surface area contributed by atoms with Crippen molar-refractivity contribution >= 4 is 0 Å². The number of rotatable bonds is 1. The molecular weight excluding hydrogens is 334 g/mol. The van der Waals surface area contributed by atoms with Crippen molar-refractivity contribution in [3.8, 4) is 0 Å². The molecule has 150 valence electrons. The van der Waals surface area contributed by atoms with Crippen LogP contribution in [0.2, 0.25) is 0 Å². The van der Waals surface area contributed by atoms with Crippen LogP contribution >= 0.6 is 0 Å². The fourth-order valence-corrected chi connectivity index (χ4v) is 7.87. The summed E-state index contributed by atoms with van der Waals surface area (Å²) in [6.45, 7) is 10.3. The molecule has 27 heavy (non-hydrogen) atoms. The molecule has 0 spiro atoms. The fourth-order valence-electron chi connectivity index (χ4n) is 7.87. The molecule has 0 aromatic carbocycles. The smallest absolute Gasteiger partial charge is 0.0915 e. The van der Waals surface area contributed by atoms with Gasteiger partial charge in [-0.1, -0.05) is 38.5 Å². The van der Waals surface area contributed by atoms with Crippen LogP contribution in [0, 0.1) is 34.5 Å². The van der Waals surface area contributed by atoms with E-state index >= 15 is 0 Å². The molecule has 0 aromatic heterocycles. The van der Waals surface area contributed by atoms with E-state index in [1.165, 1.54) is 25.7 Å². The largest absolute Gasteiger partial charge is 0.393 e. The topological polar surface area (TPSA) is 41.5 Å². The van der Waals surface area contributed by atoms with Gasteiger partial charge < -0.3 is 15.2 Å². The van der Waals surface area contributed by atoms with Gasteiger partial charge in [0, 0.05) is 13.1 Å². The van der Waals surface area contributed by atoms with Crippen LogP contribution in [0.1, 0.15) is 59.3 Å². The van der Waals surface area contributed by atoms with Gasteiger partial charge in [-0.2, -0.15) is 0 Å². The van der Waals surface area contributed by atoms with Gasteiger partial charge in [0.2, 0.25) is 0 Å². The van der Waals surface area contributed by atoms with Gasteiger partial charge in [-0.05, 0) is 78.6 Å². The van der Waals surface area contributed by atoms with Gasteiger partial charge in [-0.3, -0.25) is 0 Å². The molecule has 3 nitrogen and oxygen atoms in total. The standard InChI is InChI=1S/C24H37NO2/c1-15-12-16-13-17(26)6-8-23(16,2)20-7-9-24(3)18(4-5-19(24)22(15)20)21-14-25-10-11-27-21/h4,12,15,17,19-22,25-26H,5-11,13-14H2,1-3H3/t15-,17-,19+,20+,21?,22+,23+,24-/m1/s1. The van der Waals surface area contributed by atoms with Gasteiger partial charge >= 0.3 is 0 Å². The molecule has 1 saturated heterocycles. The highest BCUT2D eigenvalue weighted by Crippen LogP contribution is 2.66. The first-order chi connectivity index (χ1) is 12.9. The van der Waals surface area contributed by atoms with Crippen molar-refractivity contribution in [3.63, 3.8) is 0 Å². The molecule has 0 amide bonds. The highest BCUT2D eigenvalue weighted by Gasteiger charge is 2.59. The summed E-state index contributed by atoms with van der Waals surface area (Å²) < 4.78 is 6.19. The second-order valence-electron chi connectivity index (χ2n) is 10.6. The monoisotopic (exact) mass is 371 g/mol. The molecule has 0 bridgehead atoms. The molecule has 1 aliphatic heterocycles. The minimum Gasteiger partial charge on any atom is -0.393 e. The third-order valence-electron chi connectivity index (χ3n) is 9.32. The molecule has 2 saturated carbocycles. The van der Waals surface area contributed by atoms with E-state index in [1.54, 1.807) is 11.1 Å². The fraction of sp³-hybridized carbons (Fsp3) is 0.833. The summed E-state index contributed by atoms with van der Waals surface area (Å²) in [5, 5.41) is 13.8. The van der Waals surface area contributed by atoms with E-state index in [1.807, 2.05) is 0 Å². The Bertz CT molecular complexity index is 663. The molecular formula is C24H37NO2. The summed E-state index contributed by atoms with van der Waals surface area (Å²) in [4.78, 5) is 0. The summed E-state index contributed by atoms with van der Waals surface area (Å²) in [6.07, 6.45) is 12.3. The van der Waals surface area contributed by atoms with Crippen molar-refractivity contribution in [2.24, 2.45) is 34.5 Å². The lowest BCUT2D eigenvalue weighted by Gasteiger charge is -2.59. The van der Waals surface area contributed by atoms with E-state index in [9.17, 15) is 5.11 Å². The summed E-state index contributed by atoms with van der Waals surface area (Å²) in [5.74, 6) is 2.95. The van der Waals surface area contributed by atoms with Crippen molar-refractivity contribution in [1.29, 1.82) is 0 Å². The third-order valence-corrected chi connectivity index (χ3v) is 9.32. The Hall–Kier alpha value is -0.640. The van der Waals surface area contributed by atoms with Crippen LogP contribution in [0.3, 0.4) is 0 Å². The van der Waals surface area contributed by atoms with Gasteiger partial charge in [0.1, 0.15) is 0 Å². The quantitative estimate of drug-likeness (QED) is 0.683. The Kier molecular flexibility index (Phi) is 4.38. The van der Waals surface area contributed by atoms with Crippen molar-refractivity contribution < 1.29 is 9.84 Å². The lowest BCUT2D eigenvalue weighted by atomic mass is 9.45. The van der Waals surface area contributed by atoms with Crippen LogP contribution < -0.4 is 5.32 Å². The normalized spacial score (nSPS) is 52.3. The maximum atomic E-state index is 10.2. The van der Waals surface area contributed by atoms with Crippen molar-refractivity contribution in [2.75, 3.05) is 19.7 Å². The average molecular weight is 372 g/mol. The zero-order valence-electron chi connectivity index (χ0n) is 17.3. The molecule has 4 aliphatic carbocycles. The van der Waals surface area contributed by atoms with Gasteiger partial charge in [-0.15, -0.1) is 0 Å². The molecule has 8 atom stereocenters. The van der Waals surface area contributed by atoms with Crippen molar-refractivity contribution in [2.45, 2.75) is 71.5 Å². The van der Waals surface area contributed by atoms with E-state index in [0.717, 1.165) is 50.3 Å². The molecule has 3 fully saturated rings. The predicted molar refractivity (Wildman–Crippen MR) is 108 cm³/mol. The van der Waals surface area contributed by atoms with Crippen LogP contribution in [0.5, 0.6) is 0 Å². The number of morpholine rings is 1. The van der Waals surface area contributed by atoms with E-state index < -0.39 is 0 Å². The minimum absolute atomic E-state index is 0.113. The van der Waals surface area contributed by atoms with Gasteiger partial charge in [-0.25, -0.2) is 0 Å². The SMILES string of the molecule is C[C@@H]1C=C2C[C@H](O)CC[C@]2(C)[C@H]2CC[C@]3(C)C(C4CNCCO4)=CC[C@H]3[C@H]12. The van der Waals surface area contributed by atoms with E-state index in [4.69, 9.17) is 4.74 Å². The second kappa shape index (κ2) is 6.43. The Morgan fingerprint density at radius 1 is 1.15 bits per heavy atom. The molecule has 1 unspecified atom stereocenters. The average Bonchev–Trinajstić information content (AvgIpc) is 3.01. The minimum atomic E-state index is -0.113. The lowest BCUT2D eigenvalue weighted by molar-refractivity contribution is -0.0571. The van der Waals surface area contributed by atoms with E-state index in [2.05, 4.69) is 38.2 Å². The third kappa shape index (κ3) is 2.64. The summed E-state index contributed by atoms with van der Waals surface area (Å²) in [5.41, 5.74) is 3.81. The predicted octanol–water partition coefficient (Wildman–Crippen LogP) is 4.08. The second-order valence-corrected chi connectivity index (χ2v) is 10.6. The number of aliphatic hydroxyl groups is 1. The number of hydrogen-bond donors (Lipinski definition) is 2. The zero-order valence-corrected chi connectivity index (χ0v) is 17.3. The Labute approximate surface area is 164 Å². The van der Waals surface area contributed by atoms with Crippen LogP contribution in [-0.2, 0) is 4.74 Å². The molecule has 2 N–H and O–H groups in total. The number of aliphatic hydroxyl groups excluding tert-OH is 1.